The summed E-state index contributed by atoms with van der Waals surface area (Å²) in [7, 11) is 1.96. The minimum Gasteiger partial charge on any atom is -0.493 e. The summed E-state index contributed by atoms with van der Waals surface area (Å²) in [6.45, 7) is 0.402. The SMILES string of the molecule is COc1ccc(S(=O)(=O)N2CCCC2C(=O)NCC(OC)OC)cc1OC. The Morgan fingerprint density at radius 3 is 2.44 bits per heavy atom. The van der Waals surface area contributed by atoms with Crippen molar-refractivity contribution in [2.45, 2.75) is 30.1 Å². The van der Waals surface area contributed by atoms with E-state index < -0.39 is 22.4 Å². The highest BCUT2D eigenvalue weighted by atomic mass is 32.2. The Labute approximate surface area is 159 Å². The van der Waals surface area contributed by atoms with Gasteiger partial charge in [0, 0.05) is 26.8 Å². The van der Waals surface area contributed by atoms with Crippen LogP contribution in [0.3, 0.4) is 0 Å². The van der Waals surface area contributed by atoms with Gasteiger partial charge in [0.05, 0.1) is 25.7 Å². The first kappa shape index (κ1) is 21.4. The van der Waals surface area contributed by atoms with E-state index >= 15 is 0 Å². The summed E-state index contributed by atoms with van der Waals surface area (Å²) in [5.74, 6) is 0.356. The maximum atomic E-state index is 13.1. The Hall–Kier alpha value is -1.88. The Kier molecular flexibility index (Phi) is 7.42. The second kappa shape index (κ2) is 9.36. The third-order valence-corrected chi connectivity index (χ3v) is 6.34. The smallest absolute Gasteiger partial charge is 0.243 e. The zero-order chi connectivity index (χ0) is 20.0. The van der Waals surface area contributed by atoms with E-state index in [-0.39, 0.29) is 23.9 Å². The van der Waals surface area contributed by atoms with Gasteiger partial charge in [0.1, 0.15) is 6.04 Å². The Morgan fingerprint density at radius 1 is 1.19 bits per heavy atom. The van der Waals surface area contributed by atoms with Gasteiger partial charge in [0.2, 0.25) is 15.9 Å². The Bertz CT molecular complexity index is 750. The number of hydrogen-bond acceptors (Lipinski definition) is 7. The molecule has 10 heteroatoms. The molecule has 152 valence electrons. The Morgan fingerprint density at radius 2 is 1.85 bits per heavy atom. The standard InChI is InChI=1S/C17H26N2O7S/c1-23-14-8-7-12(10-15(14)24-2)27(21,22)19-9-5-6-13(19)17(20)18-11-16(25-3)26-4/h7-8,10,13,16H,5-6,9,11H2,1-4H3,(H,18,20). The van der Waals surface area contributed by atoms with Crippen molar-refractivity contribution in [3.63, 3.8) is 0 Å². The molecule has 1 aliphatic rings. The van der Waals surface area contributed by atoms with Crippen LogP contribution in [0.4, 0.5) is 0 Å². The molecule has 2 rings (SSSR count). The van der Waals surface area contributed by atoms with Crippen LogP contribution < -0.4 is 14.8 Å². The van der Waals surface area contributed by atoms with Gasteiger partial charge in [-0.1, -0.05) is 0 Å². The van der Waals surface area contributed by atoms with Gasteiger partial charge in [0.25, 0.3) is 0 Å². The number of benzene rings is 1. The molecule has 0 aliphatic carbocycles. The zero-order valence-corrected chi connectivity index (χ0v) is 16.7. The predicted molar refractivity (Wildman–Crippen MR) is 97.3 cm³/mol. The first-order valence-corrected chi connectivity index (χ1v) is 9.90. The fraction of sp³-hybridized carbons (Fsp3) is 0.588. The van der Waals surface area contributed by atoms with Crippen molar-refractivity contribution in [1.82, 2.24) is 9.62 Å². The van der Waals surface area contributed by atoms with E-state index in [1.807, 2.05) is 0 Å². The summed E-state index contributed by atoms with van der Waals surface area (Å²) < 4.78 is 47.7. The van der Waals surface area contributed by atoms with Crippen LogP contribution in [0.5, 0.6) is 11.5 Å². The van der Waals surface area contributed by atoms with Crippen molar-refractivity contribution >= 4 is 15.9 Å². The first-order valence-electron chi connectivity index (χ1n) is 8.46. The van der Waals surface area contributed by atoms with Gasteiger partial charge in [0.15, 0.2) is 17.8 Å². The number of sulfonamides is 1. The number of nitrogens with zero attached hydrogens (tertiary/aromatic N) is 1. The van der Waals surface area contributed by atoms with Crippen LogP contribution in [0.25, 0.3) is 0 Å². The third-order valence-electron chi connectivity index (χ3n) is 4.44. The molecule has 1 aliphatic heterocycles. The molecule has 9 nitrogen and oxygen atoms in total. The number of ether oxygens (including phenoxy) is 4. The monoisotopic (exact) mass is 402 g/mol. The van der Waals surface area contributed by atoms with Crippen LogP contribution in [0, 0.1) is 0 Å². The molecule has 1 fully saturated rings. The molecule has 27 heavy (non-hydrogen) atoms. The maximum Gasteiger partial charge on any atom is 0.243 e. The van der Waals surface area contributed by atoms with Gasteiger partial charge in [-0.2, -0.15) is 4.31 Å². The van der Waals surface area contributed by atoms with Crippen LogP contribution >= 0.6 is 0 Å². The number of nitrogens with one attached hydrogen (secondary N) is 1. The number of methoxy groups -OCH3 is 4. The van der Waals surface area contributed by atoms with Crippen molar-refractivity contribution in [2.24, 2.45) is 0 Å². The van der Waals surface area contributed by atoms with Crippen LogP contribution in [-0.2, 0) is 24.3 Å². The molecule has 1 N–H and O–H groups in total. The molecule has 1 aromatic carbocycles. The average Bonchev–Trinajstić information content (AvgIpc) is 3.18. The number of amides is 1. The quantitative estimate of drug-likeness (QED) is 0.603. The lowest BCUT2D eigenvalue weighted by atomic mass is 10.2. The van der Waals surface area contributed by atoms with Crippen LogP contribution in [0.2, 0.25) is 0 Å². The molecule has 1 heterocycles. The summed E-state index contributed by atoms with van der Waals surface area (Å²) in [6.07, 6.45) is 0.456. The lowest BCUT2D eigenvalue weighted by Gasteiger charge is -2.24. The topological polar surface area (TPSA) is 103 Å². The molecule has 1 unspecified atom stereocenters. The highest BCUT2D eigenvalue weighted by Gasteiger charge is 2.39. The van der Waals surface area contributed by atoms with Gasteiger partial charge in [-0.25, -0.2) is 8.42 Å². The van der Waals surface area contributed by atoms with E-state index in [1.165, 1.54) is 50.9 Å². The molecule has 0 spiro atoms. The minimum absolute atomic E-state index is 0.0477. The second-order valence-electron chi connectivity index (χ2n) is 5.94. The molecule has 0 saturated carbocycles. The molecule has 1 aromatic rings. The van der Waals surface area contributed by atoms with Crippen molar-refractivity contribution in [1.29, 1.82) is 0 Å². The third kappa shape index (κ3) is 4.70. The fourth-order valence-electron chi connectivity index (χ4n) is 2.97. The lowest BCUT2D eigenvalue weighted by Crippen LogP contribution is -2.47. The van der Waals surface area contributed by atoms with Crippen LogP contribution in [-0.4, -0.2) is 72.5 Å². The van der Waals surface area contributed by atoms with Crippen LogP contribution in [0.15, 0.2) is 23.1 Å². The zero-order valence-electron chi connectivity index (χ0n) is 15.9. The highest BCUT2D eigenvalue weighted by molar-refractivity contribution is 7.89. The van der Waals surface area contributed by atoms with Gasteiger partial charge in [-0.15, -0.1) is 0 Å². The minimum atomic E-state index is -3.87. The van der Waals surface area contributed by atoms with Gasteiger partial charge < -0.3 is 24.3 Å². The number of hydrogen-bond donors (Lipinski definition) is 1. The normalized spacial score (nSPS) is 17.9. The summed E-state index contributed by atoms with van der Waals surface area (Å²) in [6, 6.07) is 3.58. The van der Waals surface area contributed by atoms with E-state index in [4.69, 9.17) is 18.9 Å². The molecule has 0 aromatic heterocycles. The summed E-state index contributed by atoms with van der Waals surface area (Å²) in [5, 5.41) is 2.68. The fourth-order valence-corrected chi connectivity index (χ4v) is 4.64. The molecule has 0 bridgehead atoms. The molecular formula is C17H26N2O7S. The average molecular weight is 402 g/mol. The van der Waals surface area contributed by atoms with Crippen molar-refractivity contribution in [2.75, 3.05) is 41.5 Å². The molecule has 1 atom stereocenters. The molecule has 1 amide bonds. The van der Waals surface area contributed by atoms with Gasteiger partial charge in [-0.3, -0.25) is 4.79 Å². The lowest BCUT2D eigenvalue weighted by molar-refractivity contribution is -0.130. The highest BCUT2D eigenvalue weighted by Crippen LogP contribution is 2.33. The molecule has 0 radical (unpaired) electrons. The second-order valence-corrected chi connectivity index (χ2v) is 7.83. The van der Waals surface area contributed by atoms with Gasteiger partial charge >= 0.3 is 0 Å². The number of rotatable bonds is 9. The van der Waals surface area contributed by atoms with Gasteiger partial charge in [-0.05, 0) is 25.0 Å². The van der Waals surface area contributed by atoms with E-state index in [1.54, 1.807) is 0 Å². The first-order chi connectivity index (χ1) is 12.9. The molecular weight excluding hydrogens is 376 g/mol. The largest absolute Gasteiger partial charge is 0.493 e. The van der Waals surface area contributed by atoms with E-state index in [0.717, 1.165) is 0 Å². The van der Waals surface area contributed by atoms with Crippen LogP contribution in [0.1, 0.15) is 12.8 Å². The van der Waals surface area contributed by atoms with E-state index in [2.05, 4.69) is 5.32 Å². The summed E-state index contributed by atoms with van der Waals surface area (Å²) >= 11 is 0. The number of carbonyl (C=O) groups is 1. The van der Waals surface area contributed by atoms with Crippen molar-refractivity contribution < 1.29 is 32.2 Å². The number of carbonyl (C=O) groups excluding carboxylic acids is 1. The van der Waals surface area contributed by atoms with Crippen molar-refractivity contribution in [3.05, 3.63) is 18.2 Å². The summed E-state index contributed by atoms with van der Waals surface area (Å²) in [5.41, 5.74) is 0. The maximum absolute atomic E-state index is 13.1. The van der Waals surface area contributed by atoms with E-state index in [0.29, 0.717) is 24.3 Å². The Balaban J connectivity index is 2.20. The summed E-state index contributed by atoms with van der Waals surface area (Å²) in [4.78, 5) is 12.6. The molecule has 1 saturated heterocycles. The predicted octanol–water partition coefficient (Wildman–Crippen LogP) is 0.592. The van der Waals surface area contributed by atoms with Crippen molar-refractivity contribution in [3.8, 4) is 11.5 Å². The van der Waals surface area contributed by atoms with E-state index in [9.17, 15) is 13.2 Å².